The number of methoxy groups -OCH3 is 1. The lowest BCUT2D eigenvalue weighted by molar-refractivity contribution is -0.137. The largest absolute Gasteiger partial charge is 0.496 e. The predicted octanol–water partition coefficient (Wildman–Crippen LogP) is 4.96. The van der Waals surface area contributed by atoms with E-state index >= 15 is 0 Å². The highest BCUT2D eigenvalue weighted by Gasteiger charge is 2.30. The van der Waals surface area contributed by atoms with Crippen LogP contribution >= 0.6 is 0 Å². The number of pyridine rings is 1. The molecule has 2 aromatic carbocycles. The minimum Gasteiger partial charge on any atom is -0.496 e. The van der Waals surface area contributed by atoms with E-state index < -0.39 is 41.9 Å². The number of rotatable bonds is 26. The smallest absolute Gasteiger partial charge is 0.410 e. The van der Waals surface area contributed by atoms with E-state index in [2.05, 4.69) is 36.6 Å². The molecule has 23 nitrogen and oxygen atoms in total. The van der Waals surface area contributed by atoms with Crippen molar-refractivity contribution in [1.29, 1.82) is 0 Å². The SMILES string of the molecule is CCCN(CCC)C(=O)C1=Cc2cc(OC)c(C(=O)Nc3cc4c(cn3)CCN(C(=O)OCc3ccc(NC(=O)[C@H](CCCNC(N)=O)NC(=O)[C@@H](NC(=O)CCCCCN5C(=O)C=CC5=O)C(C)C)cc3)C4)cc2N=C(N)C1. The van der Waals surface area contributed by atoms with E-state index in [0.717, 1.165) is 28.9 Å². The monoisotopic (exact) mass is 1090 g/mol. The Morgan fingerprint density at radius 3 is 2.25 bits per heavy atom. The van der Waals surface area contributed by atoms with E-state index in [4.69, 9.17) is 20.9 Å². The van der Waals surface area contributed by atoms with Gasteiger partial charge in [-0.25, -0.2) is 19.6 Å². The summed E-state index contributed by atoms with van der Waals surface area (Å²) in [5, 5.41) is 13.6. The Morgan fingerprint density at radius 2 is 1.58 bits per heavy atom. The molecule has 23 heteroatoms. The summed E-state index contributed by atoms with van der Waals surface area (Å²) in [6, 6.07) is 8.76. The molecule has 0 saturated heterocycles. The molecular weight excluding hydrogens is 1020 g/mol. The van der Waals surface area contributed by atoms with E-state index in [9.17, 15) is 43.2 Å². The van der Waals surface area contributed by atoms with E-state index in [0.29, 0.717) is 73.4 Å². The number of unbranched alkanes of at least 4 members (excludes halogenated alkanes) is 2. The maximum Gasteiger partial charge on any atom is 0.410 e. The van der Waals surface area contributed by atoms with Gasteiger partial charge in [-0.3, -0.25) is 38.5 Å². The zero-order valence-electron chi connectivity index (χ0n) is 45.5. The molecule has 9 N–H and O–H groups in total. The number of aliphatic imine (C=N–C) groups is 1. The summed E-state index contributed by atoms with van der Waals surface area (Å²) in [6.45, 7) is 9.65. The van der Waals surface area contributed by atoms with E-state index in [-0.39, 0.29) is 104 Å². The molecule has 0 aliphatic carbocycles. The maximum absolute atomic E-state index is 13.8. The first-order valence-electron chi connectivity index (χ1n) is 26.7. The summed E-state index contributed by atoms with van der Waals surface area (Å²) < 4.78 is 11.3. The summed E-state index contributed by atoms with van der Waals surface area (Å²) in [7, 11) is 1.45. The van der Waals surface area contributed by atoms with Gasteiger partial charge in [0, 0.05) is 87.3 Å². The first-order valence-corrected chi connectivity index (χ1v) is 26.7. The molecule has 4 heterocycles. The van der Waals surface area contributed by atoms with Gasteiger partial charge in [0.2, 0.25) is 23.6 Å². The number of anilines is 2. The molecule has 0 saturated carbocycles. The summed E-state index contributed by atoms with van der Waals surface area (Å²) in [5.74, 6) is -2.46. The van der Waals surface area contributed by atoms with Crippen LogP contribution in [0.5, 0.6) is 5.75 Å². The number of amidine groups is 1. The first kappa shape index (κ1) is 59.6. The topological polar surface area (TPSA) is 319 Å². The molecule has 3 aliphatic heterocycles. The number of ether oxygens (including phenoxy) is 2. The number of imide groups is 1. The second-order valence-electron chi connectivity index (χ2n) is 19.8. The third-order valence-corrected chi connectivity index (χ3v) is 13.3. The fourth-order valence-corrected chi connectivity index (χ4v) is 9.17. The fourth-order valence-electron chi connectivity index (χ4n) is 9.17. The summed E-state index contributed by atoms with van der Waals surface area (Å²) in [4.78, 5) is 129. The number of primary amides is 1. The standard InChI is InChI=1S/C56H72N12O11/c1-6-22-66(23-7-2)54(75)38-26-37-27-44(78-5)41(30-43(37)62-45(57)28-38)51(72)64-46-29-39-32-67(25-20-36(39)31-60-46)56(77)79-33-35-14-16-40(17-15-35)61-52(73)42(12-11-21-59-55(58)76)63-53(74)50(34(3)4)65-47(69)13-9-8-10-24-68-48(70)18-19-49(68)71/h14-19,26-27,29-31,34,42,50H,6-13,20-25,28,32-33H2,1-5H3,(H2,57,62)(H,61,73)(H,63,74)(H,65,69)(H3,58,59,76)(H,60,64,72)/t42-,50-/m0/s1. The molecule has 0 unspecified atom stereocenters. The van der Waals surface area contributed by atoms with Crippen molar-refractivity contribution in [3.8, 4) is 5.75 Å². The molecule has 3 aliphatic rings. The highest BCUT2D eigenvalue weighted by atomic mass is 16.6. The lowest BCUT2D eigenvalue weighted by Gasteiger charge is -2.28. The van der Waals surface area contributed by atoms with Crippen LogP contribution < -0.4 is 42.8 Å². The minimum absolute atomic E-state index is 0.0812. The van der Waals surface area contributed by atoms with E-state index in [1.807, 2.05) is 18.7 Å². The number of hydrogen-bond acceptors (Lipinski definition) is 14. The molecule has 6 rings (SSSR count). The Bertz CT molecular complexity index is 2840. The van der Waals surface area contributed by atoms with Crippen molar-refractivity contribution < 1.29 is 52.6 Å². The van der Waals surface area contributed by atoms with Gasteiger partial charge in [-0.05, 0) is 104 Å². The van der Waals surface area contributed by atoms with E-state index in [1.54, 1.807) is 73.5 Å². The molecule has 1 aromatic heterocycles. The number of hydrogen-bond donors (Lipinski definition) is 7. The Kier molecular flexibility index (Phi) is 21.6. The average Bonchev–Trinajstić information content (AvgIpc) is 3.66. The van der Waals surface area contributed by atoms with Gasteiger partial charge in [0.05, 0.1) is 18.4 Å². The van der Waals surface area contributed by atoms with Crippen LogP contribution in [0, 0.1) is 5.92 Å². The van der Waals surface area contributed by atoms with Crippen LogP contribution in [0.15, 0.2) is 71.4 Å². The summed E-state index contributed by atoms with van der Waals surface area (Å²) >= 11 is 0. The van der Waals surface area contributed by atoms with Crippen LogP contribution in [0.4, 0.5) is 26.8 Å². The van der Waals surface area contributed by atoms with Crippen LogP contribution in [0.3, 0.4) is 0 Å². The number of nitrogens with zero attached hydrogens (tertiary/aromatic N) is 5. The number of fused-ring (bicyclic) bond motifs is 2. The van der Waals surface area contributed by atoms with Crippen molar-refractivity contribution in [2.45, 2.75) is 117 Å². The second kappa shape index (κ2) is 28.7. The van der Waals surface area contributed by atoms with Crippen LogP contribution in [0.25, 0.3) is 6.08 Å². The molecule has 10 amide bonds. The number of carbonyl (C=O) groups is 9. The predicted molar refractivity (Wildman–Crippen MR) is 295 cm³/mol. The Morgan fingerprint density at radius 1 is 0.861 bits per heavy atom. The lowest BCUT2D eigenvalue weighted by Crippen LogP contribution is -2.54. The molecule has 3 aromatic rings. The molecule has 0 fully saturated rings. The number of urea groups is 1. The van der Waals surface area contributed by atoms with Gasteiger partial charge in [0.1, 0.15) is 36.1 Å². The number of aromatic nitrogens is 1. The lowest BCUT2D eigenvalue weighted by atomic mass is 10.0. The van der Waals surface area contributed by atoms with Gasteiger partial charge < -0.3 is 57.3 Å². The Balaban J connectivity index is 1.01. The Hall–Kier alpha value is -8.63. The van der Waals surface area contributed by atoms with Gasteiger partial charge in [-0.1, -0.05) is 46.2 Å². The van der Waals surface area contributed by atoms with E-state index in [1.165, 1.54) is 19.3 Å². The molecule has 79 heavy (non-hydrogen) atoms. The molecule has 0 spiro atoms. The average molecular weight is 1090 g/mol. The highest BCUT2D eigenvalue weighted by molar-refractivity contribution is 6.13. The zero-order chi connectivity index (χ0) is 57.2. The number of amides is 10. The van der Waals surface area contributed by atoms with Crippen LogP contribution in [-0.4, -0.2) is 131 Å². The van der Waals surface area contributed by atoms with Crippen molar-refractivity contribution in [1.82, 2.24) is 35.6 Å². The summed E-state index contributed by atoms with van der Waals surface area (Å²) in [6.07, 6.45) is 9.63. The van der Waals surface area contributed by atoms with Crippen molar-refractivity contribution >= 4 is 82.6 Å². The van der Waals surface area contributed by atoms with Gasteiger partial charge in [-0.2, -0.15) is 0 Å². The highest BCUT2D eigenvalue weighted by Crippen LogP contribution is 2.34. The molecule has 422 valence electrons. The molecule has 2 atom stereocenters. The minimum atomic E-state index is -1.07. The van der Waals surface area contributed by atoms with Crippen molar-refractivity contribution in [3.05, 3.63) is 94.2 Å². The number of carbonyl (C=O) groups excluding carboxylic acids is 9. The van der Waals surface area contributed by atoms with Crippen LogP contribution in [0.2, 0.25) is 0 Å². The molecule has 0 bridgehead atoms. The van der Waals surface area contributed by atoms with Gasteiger partial charge in [0.25, 0.3) is 17.7 Å². The number of nitrogens with one attached hydrogen (secondary N) is 5. The van der Waals surface area contributed by atoms with Gasteiger partial charge in [0.15, 0.2) is 0 Å². The molecule has 0 radical (unpaired) electrons. The molecular formula is C56H72N12O11. The second-order valence-corrected chi connectivity index (χ2v) is 19.8. The third kappa shape index (κ3) is 16.9. The Labute approximate surface area is 459 Å². The number of nitrogens with two attached hydrogens (primary N) is 2. The van der Waals surface area contributed by atoms with Crippen molar-refractivity contribution in [2.75, 3.05) is 50.5 Å². The zero-order valence-corrected chi connectivity index (χ0v) is 45.5. The van der Waals surface area contributed by atoms with Crippen LogP contribution in [0.1, 0.15) is 118 Å². The normalized spacial score (nSPS) is 14.4. The summed E-state index contributed by atoms with van der Waals surface area (Å²) in [5.41, 5.74) is 15.9. The van der Waals surface area contributed by atoms with Gasteiger partial charge >= 0.3 is 12.1 Å². The first-order chi connectivity index (χ1) is 37.9. The third-order valence-electron chi connectivity index (χ3n) is 13.3. The van der Waals surface area contributed by atoms with Crippen molar-refractivity contribution in [2.24, 2.45) is 22.4 Å². The van der Waals surface area contributed by atoms with Gasteiger partial charge in [-0.15, -0.1) is 0 Å². The fraction of sp³-hybridized carbons (Fsp3) is 0.446. The quantitative estimate of drug-likeness (QED) is 0.0414. The van der Waals surface area contributed by atoms with Crippen LogP contribution in [-0.2, 0) is 53.1 Å². The number of benzene rings is 2. The maximum atomic E-state index is 13.8. The van der Waals surface area contributed by atoms with Crippen molar-refractivity contribution in [3.63, 3.8) is 0 Å².